The first-order chi connectivity index (χ1) is 12.0. The molecule has 5 heteroatoms. The Morgan fingerprint density at radius 3 is 2.60 bits per heavy atom. The average molecular weight is 344 g/mol. The summed E-state index contributed by atoms with van der Waals surface area (Å²) in [7, 11) is 0. The molecule has 2 rings (SSSR count). The van der Waals surface area contributed by atoms with Crippen LogP contribution in [0.25, 0.3) is 0 Å². The van der Waals surface area contributed by atoms with Crippen LogP contribution in [0.3, 0.4) is 0 Å². The summed E-state index contributed by atoms with van der Waals surface area (Å²) in [5.41, 5.74) is 1.18. The Kier molecular flexibility index (Phi) is 7.41. The van der Waals surface area contributed by atoms with E-state index in [2.05, 4.69) is 36.2 Å². The number of rotatable bonds is 9. The first kappa shape index (κ1) is 18.9. The first-order valence-electron chi connectivity index (χ1n) is 8.47. The number of ether oxygens (including phenoxy) is 1. The molecular formula is C20H25FN2O2. The van der Waals surface area contributed by atoms with Crippen LogP contribution in [-0.4, -0.2) is 36.5 Å². The minimum absolute atomic E-state index is 0.0486. The van der Waals surface area contributed by atoms with Gasteiger partial charge in [0.05, 0.1) is 13.1 Å². The molecule has 25 heavy (non-hydrogen) atoms. The van der Waals surface area contributed by atoms with Crippen molar-refractivity contribution in [2.24, 2.45) is 0 Å². The number of nitrogens with zero attached hydrogens (tertiary/aromatic N) is 1. The maximum Gasteiger partial charge on any atom is 0.234 e. The first-order valence-corrected chi connectivity index (χ1v) is 8.47. The molecule has 2 aromatic rings. The summed E-state index contributed by atoms with van der Waals surface area (Å²) in [6.07, 6.45) is 0. The van der Waals surface area contributed by atoms with E-state index in [0.717, 1.165) is 6.54 Å². The number of halogens is 1. The van der Waals surface area contributed by atoms with Gasteiger partial charge in [-0.1, -0.05) is 36.4 Å². The van der Waals surface area contributed by atoms with E-state index in [4.69, 9.17) is 4.74 Å². The molecule has 1 N–H and O–H groups in total. The van der Waals surface area contributed by atoms with Crippen molar-refractivity contribution in [3.05, 3.63) is 66.0 Å². The largest absolute Gasteiger partial charge is 0.492 e. The van der Waals surface area contributed by atoms with Gasteiger partial charge in [-0.05, 0) is 31.5 Å². The smallest absolute Gasteiger partial charge is 0.234 e. The molecular weight excluding hydrogens is 319 g/mol. The van der Waals surface area contributed by atoms with Gasteiger partial charge in [-0.25, -0.2) is 4.39 Å². The molecule has 0 spiro atoms. The minimum Gasteiger partial charge on any atom is -0.492 e. The number of nitrogens with one attached hydrogen (secondary N) is 1. The van der Waals surface area contributed by atoms with Gasteiger partial charge in [-0.2, -0.15) is 0 Å². The second-order valence-electron chi connectivity index (χ2n) is 6.14. The molecule has 2 aromatic carbocycles. The molecule has 0 aliphatic carbocycles. The van der Waals surface area contributed by atoms with E-state index >= 15 is 0 Å². The number of carbonyl (C=O) groups excluding carboxylic acids is 1. The van der Waals surface area contributed by atoms with Crippen molar-refractivity contribution < 1.29 is 13.9 Å². The van der Waals surface area contributed by atoms with Crippen molar-refractivity contribution in [1.29, 1.82) is 0 Å². The zero-order chi connectivity index (χ0) is 18.1. The lowest BCUT2D eigenvalue weighted by Gasteiger charge is -2.25. The molecule has 134 valence electrons. The number of hydrogen-bond acceptors (Lipinski definition) is 3. The van der Waals surface area contributed by atoms with E-state index in [1.165, 1.54) is 17.7 Å². The molecule has 0 aliphatic heterocycles. The van der Waals surface area contributed by atoms with Crippen molar-refractivity contribution in [3.63, 3.8) is 0 Å². The fraction of sp³-hybridized carbons (Fsp3) is 0.350. The van der Waals surface area contributed by atoms with Gasteiger partial charge in [0.15, 0.2) is 0 Å². The Hall–Kier alpha value is -2.40. The van der Waals surface area contributed by atoms with Crippen LogP contribution in [-0.2, 0) is 11.3 Å². The Bertz CT molecular complexity index is 662. The molecule has 0 aromatic heterocycles. The second-order valence-corrected chi connectivity index (χ2v) is 6.14. The molecule has 0 unspecified atom stereocenters. The van der Waals surface area contributed by atoms with Gasteiger partial charge >= 0.3 is 0 Å². The minimum atomic E-state index is -0.338. The van der Waals surface area contributed by atoms with E-state index in [9.17, 15) is 9.18 Å². The topological polar surface area (TPSA) is 41.6 Å². The Morgan fingerprint density at radius 1 is 1.16 bits per heavy atom. The van der Waals surface area contributed by atoms with Crippen LogP contribution < -0.4 is 10.1 Å². The molecule has 0 saturated carbocycles. The zero-order valence-corrected chi connectivity index (χ0v) is 14.7. The highest BCUT2D eigenvalue weighted by Gasteiger charge is 2.14. The quantitative estimate of drug-likeness (QED) is 0.710. The van der Waals surface area contributed by atoms with E-state index in [0.29, 0.717) is 25.4 Å². The lowest BCUT2D eigenvalue weighted by atomic mass is 10.2. The Labute approximate surface area is 148 Å². The predicted molar refractivity (Wildman–Crippen MR) is 96.9 cm³/mol. The van der Waals surface area contributed by atoms with Crippen LogP contribution in [0.2, 0.25) is 0 Å². The van der Waals surface area contributed by atoms with Crippen molar-refractivity contribution >= 4 is 5.91 Å². The molecule has 0 bridgehead atoms. The van der Waals surface area contributed by atoms with Crippen molar-refractivity contribution in [1.82, 2.24) is 10.2 Å². The van der Waals surface area contributed by atoms with Crippen LogP contribution in [0, 0.1) is 5.82 Å². The summed E-state index contributed by atoms with van der Waals surface area (Å²) in [6.45, 7) is 5.88. The van der Waals surface area contributed by atoms with Gasteiger partial charge in [0.25, 0.3) is 0 Å². The maximum absolute atomic E-state index is 13.0. The standard InChI is InChI=1S/C20H25FN2O2/c1-16(2)23(14-17-7-4-3-5-8-17)15-20(24)22-11-12-25-19-10-6-9-18(21)13-19/h3-10,13,16H,11-12,14-15H2,1-2H3,(H,22,24). The molecule has 4 nitrogen and oxygen atoms in total. The zero-order valence-electron chi connectivity index (χ0n) is 14.7. The van der Waals surface area contributed by atoms with Gasteiger partial charge in [0.1, 0.15) is 18.2 Å². The number of hydrogen-bond donors (Lipinski definition) is 1. The fourth-order valence-electron chi connectivity index (χ4n) is 2.40. The lowest BCUT2D eigenvalue weighted by molar-refractivity contribution is -0.122. The maximum atomic E-state index is 13.0. The van der Waals surface area contributed by atoms with E-state index in [1.54, 1.807) is 12.1 Å². The van der Waals surface area contributed by atoms with Crippen molar-refractivity contribution in [3.8, 4) is 5.75 Å². The second kappa shape index (κ2) is 9.79. The highest BCUT2D eigenvalue weighted by molar-refractivity contribution is 5.78. The summed E-state index contributed by atoms with van der Waals surface area (Å²) in [5, 5.41) is 2.84. The molecule has 0 fully saturated rings. The summed E-state index contributed by atoms with van der Waals surface area (Å²) in [6, 6.07) is 16.3. The summed E-state index contributed by atoms with van der Waals surface area (Å²) in [5.74, 6) is 0.0737. The molecule has 0 heterocycles. The molecule has 0 atom stereocenters. The van der Waals surface area contributed by atoms with Gasteiger partial charge in [-0.3, -0.25) is 9.69 Å². The van der Waals surface area contributed by atoms with Gasteiger partial charge in [0.2, 0.25) is 5.91 Å². The highest BCUT2D eigenvalue weighted by Crippen LogP contribution is 2.11. The lowest BCUT2D eigenvalue weighted by Crippen LogP contribution is -2.41. The van der Waals surface area contributed by atoms with E-state index < -0.39 is 0 Å². The van der Waals surface area contributed by atoms with E-state index in [1.807, 2.05) is 18.2 Å². The van der Waals surface area contributed by atoms with E-state index in [-0.39, 0.29) is 17.8 Å². The van der Waals surface area contributed by atoms with Crippen LogP contribution in [0.4, 0.5) is 4.39 Å². The third-order valence-electron chi connectivity index (χ3n) is 3.79. The predicted octanol–water partition coefficient (Wildman–Crippen LogP) is 3.23. The SMILES string of the molecule is CC(C)N(CC(=O)NCCOc1cccc(F)c1)Cc1ccccc1. The van der Waals surface area contributed by atoms with Crippen molar-refractivity contribution in [2.45, 2.75) is 26.4 Å². The Balaban J connectivity index is 1.73. The highest BCUT2D eigenvalue weighted by atomic mass is 19.1. The van der Waals surface area contributed by atoms with Gasteiger partial charge < -0.3 is 10.1 Å². The molecule has 0 radical (unpaired) electrons. The number of carbonyl (C=O) groups is 1. The number of amides is 1. The van der Waals surface area contributed by atoms with Crippen LogP contribution in [0.1, 0.15) is 19.4 Å². The normalized spacial score (nSPS) is 10.9. The third-order valence-corrected chi connectivity index (χ3v) is 3.79. The van der Waals surface area contributed by atoms with Crippen LogP contribution in [0.15, 0.2) is 54.6 Å². The Morgan fingerprint density at radius 2 is 1.92 bits per heavy atom. The van der Waals surface area contributed by atoms with Gasteiger partial charge in [0, 0.05) is 18.7 Å². The summed E-state index contributed by atoms with van der Waals surface area (Å²) >= 11 is 0. The summed E-state index contributed by atoms with van der Waals surface area (Å²) < 4.78 is 18.5. The molecule has 1 amide bonds. The number of benzene rings is 2. The van der Waals surface area contributed by atoms with Crippen LogP contribution in [0.5, 0.6) is 5.75 Å². The van der Waals surface area contributed by atoms with Crippen molar-refractivity contribution in [2.75, 3.05) is 19.7 Å². The molecule has 0 aliphatic rings. The average Bonchev–Trinajstić information content (AvgIpc) is 2.59. The van der Waals surface area contributed by atoms with Gasteiger partial charge in [-0.15, -0.1) is 0 Å². The third kappa shape index (κ3) is 6.93. The fourth-order valence-corrected chi connectivity index (χ4v) is 2.40. The molecule has 0 saturated heterocycles. The monoisotopic (exact) mass is 344 g/mol. The summed E-state index contributed by atoms with van der Waals surface area (Å²) in [4.78, 5) is 14.3. The van der Waals surface area contributed by atoms with Crippen LogP contribution >= 0.6 is 0 Å².